The molecule has 4 nitrogen and oxygen atoms in total. The largest absolute Gasteiger partial charge is 0.484 e. The van der Waals surface area contributed by atoms with Crippen LogP contribution in [0.4, 0.5) is 0 Å². The van der Waals surface area contributed by atoms with E-state index in [0.717, 1.165) is 38.1 Å². The van der Waals surface area contributed by atoms with Crippen LogP contribution in [0, 0.1) is 0 Å². The van der Waals surface area contributed by atoms with Crippen LogP contribution in [0.5, 0.6) is 5.75 Å². The lowest BCUT2D eigenvalue weighted by molar-refractivity contribution is -0.124. The predicted molar refractivity (Wildman–Crippen MR) is 109 cm³/mol. The first-order valence-corrected chi connectivity index (χ1v) is 9.96. The molecular formula is C23H30N2O2. The number of likely N-dealkylation sites (tertiary alicyclic amines) is 1. The number of nitrogens with zero attached hydrogens (tertiary/aromatic N) is 1. The third-order valence-corrected chi connectivity index (χ3v) is 5.43. The normalized spacial score (nSPS) is 16.7. The van der Waals surface area contributed by atoms with Gasteiger partial charge < -0.3 is 10.1 Å². The van der Waals surface area contributed by atoms with E-state index in [-0.39, 0.29) is 18.6 Å². The summed E-state index contributed by atoms with van der Waals surface area (Å²) in [6, 6.07) is 19.2. The molecular weight excluding hydrogens is 336 g/mol. The number of piperidine rings is 1. The van der Waals surface area contributed by atoms with Crippen molar-refractivity contribution >= 4 is 5.91 Å². The van der Waals surface area contributed by atoms with Crippen molar-refractivity contribution in [2.45, 2.75) is 45.2 Å². The number of hydrogen-bond donors (Lipinski definition) is 1. The Kier molecular flexibility index (Phi) is 6.88. The first-order chi connectivity index (χ1) is 13.2. The van der Waals surface area contributed by atoms with Gasteiger partial charge in [-0.05, 0) is 49.4 Å². The van der Waals surface area contributed by atoms with E-state index in [9.17, 15) is 4.79 Å². The van der Waals surface area contributed by atoms with Gasteiger partial charge in [-0.1, -0.05) is 49.4 Å². The van der Waals surface area contributed by atoms with E-state index in [1.165, 1.54) is 11.1 Å². The molecule has 1 saturated heterocycles. The summed E-state index contributed by atoms with van der Waals surface area (Å²) in [5, 5.41) is 3.12. The number of rotatable bonds is 7. The highest BCUT2D eigenvalue weighted by Gasteiger charge is 2.24. The molecule has 0 spiro atoms. The first-order valence-electron chi connectivity index (χ1n) is 9.96. The molecule has 1 atom stereocenters. The van der Waals surface area contributed by atoms with Crippen LogP contribution in [-0.2, 0) is 11.2 Å². The fourth-order valence-corrected chi connectivity index (χ4v) is 3.61. The van der Waals surface area contributed by atoms with Crippen LogP contribution < -0.4 is 10.1 Å². The van der Waals surface area contributed by atoms with E-state index in [0.29, 0.717) is 6.04 Å². The van der Waals surface area contributed by atoms with Crippen molar-refractivity contribution in [2.75, 3.05) is 19.7 Å². The van der Waals surface area contributed by atoms with Crippen molar-refractivity contribution in [3.05, 3.63) is 65.7 Å². The SMILES string of the molecule is CCc1ccc(OCC(=O)NC2CCN(C(C)c3ccccc3)CC2)cc1. The van der Waals surface area contributed by atoms with Gasteiger partial charge in [0.05, 0.1) is 0 Å². The molecule has 0 bridgehead atoms. The van der Waals surface area contributed by atoms with E-state index in [4.69, 9.17) is 4.74 Å². The summed E-state index contributed by atoms with van der Waals surface area (Å²) in [5.41, 5.74) is 2.62. The fourth-order valence-electron chi connectivity index (χ4n) is 3.61. The summed E-state index contributed by atoms with van der Waals surface area (Å²) in [7, 11) is 0. The molecule has 0 radical (unpaired) electrons. The van der Waals surface area contributed by atoms with Crippen LogP contribution >= 0.6 is 0 Å². The molecule has 1 N–H and O–H groups in total. The van der Waals surface area contributed by atoms with E-state index in [1.54, 1.807) is 0 Å². The average molecular weight is 367 g/mol. The van der Waals surface area contributed by atoms with Gasteiger partial charge in [-0.2, -0.15) is 0 Å². The molecule has 27 heavy (non-hydrogen) atoms. The van der Waals surface area contributed by atoms with E-state index in [2.05, 4.69) is 54.4 Å². The van der Waals surface area contributed by atoms with Gasteiger partial charge in [0.1, 0.15) is 5.75 Å². The molecule has 3 rings (SSSR count). The monoisotopic (exact) mass is 366 g/mol. The standard InChI is InChI=1S/C23H30N2O2/c1-3-19-9-11-22(12-10-19)27-17-23(26)24-21-13-15-25(16-14-21)18(2)20-7-5-4-6-8-20/h4-12,18,21H,3,13-17H2,1-2H3,(H,24,26). The summed E-state index contributed by atoms with van der Waals surface area (Å²) in [5.74, 6) is 0.706. The molecule has 1 unspecified atom stereocenters. The van der Waals surface area contributed by atoms with Gasteiger partial charge in [0, 0.05) is 25.2 Å². The molecule has 1 amide bonds. The Hall–Kier alpha value is -2.33. The Labute approximate surface area is 162 Å². The molecule has 1 heterocycles. The summed E-state index contributed by atoms with van der Waals surface area (Å²) in [4.78, 5) is 14.7. The van der Waals surface area contributed by atoms with Gasteiger partial charge in [-0.25, -0.2) is 0 Å². The van der Waals surface area contributed by atoms with Crippen molar-refractivity contribution in [1.82, 2.24) is 10.2 Å². The van der Waals surface area contributed by atoms with E-state index < -0.39 is 0 Å². The summed E-state index contributed by atoms with van der Waals surface area (Å²) in [6.07, 6.45) is 2.96. The second kappa shape index (κ2) is 9.56. The van der Waals surface area contributed by atoms with Crippen molar-refractivity contribution in [3.63, 3.8) is 0 Å². The minimum atomic E-state index is -0.0378. The second-order valence-electron chi connectivity index (χ2n) is 7.25. The van der Waals surface area contributed by atoms with Gasteiger partial charge >= 0.3 is 0 Å². The molecule has 1 aliphatic rings. The zero-order chi connectivity index (χ0) is 19.1. The Bertz CT molecular complexity index is 707. The molecule has 2 aromatic rings. The third-order valence-electron chi connectivity index (χ3n) is 5.43. The Morgan fingerprint density at radius 3 is 2.41 bits per heavy atom. The molecule has 2 aromatic carbocycles. The zero-order valence-corrected chi connectivity index (χ0v) is 16.4. The maximum absolute atomic E-state index is 12.2. The van der Waals surface area contributed by atoms with Gasteiger partial charge in [-0.15, -0.1) is 0 Å². The minimum absolute atomic E-state index is 0.0378. The lowest BCUT2D eigenvalue weighted by Gasteiger charge is -2.36. The van der Waals surface area contributed by atoms with Crippen molar-refractivity contribution in [2.24, 2.45) is 0 Å². The molecule has 4 heteroatoms. The highest BCUT2D eigenvalue weighted by Crippen LogP contribution is 2.24. The Balaban J connectivity index is 1.40. The van der Waals surface area contributed by atoms with E-state index in [1.807, 2.05) is 24.3 Å². The number of amides is 1. The third kappa shape index (κ3) is 5.57. The lowest BCUT2D eigenvalue weighted by Crippen LogP contribution is -2.46. The van der Waals surface area contributed by atoms with E-state index >= 15 is 0 Å². The summed E-state index contributed by atoms with van der Waals surface area (Å²) < 4.78 is 5.60. The average Bonchev–Trinajstić information content (AvgIpc) is 2.73. The van der Waals surface area contributed by atoms with Gasteiger partial charge in [0.25, 0.3) is 5.91 Å². The van der Waals surface area contributed by atoms with Crippen LogP contribution in [0.2, 0.25) is 0 Å². The quantitative estimate of drug-likeness (QED) is 0.806. The Morgan fingerprint density at radius 2 is 1.78 bits per heavy atom. The van der Waals surface area contributed by atoms with Crippen LogP contribution in [0.3, 0.4) is 0 Å². The lowest BCUT2D eigenvalue weighted by atomic mass is 10.00. The highest BCUT2D eigenvalue weighted by molar-refractivity contribution is 5.77. The van der Waals surface area contributed by atoms with Crippen LogP contribution in [-0.4, -0.2) is 36.5 Å². The van der Waals surface area contributed by atoms with Crippen molar-refractivity contribution < 1.29 is 9.53 Å². The molecule has 144 valence electrons. The minimum Gasteiger partial charge on any atom is -0.484 e. The number of aryl methyl sites for hydroxylation is 1. The number of ether oxygens (including phenoxy) is 1. The zero-order valence-electron chi connectivity index (χ0n) is 16.4. The molecule has 1 aliphatic heterocycles. The number of carbonyl (C=O) groups excluding carboxylic acids is 1. The van der Waals surface area contributed by atoms with Crippen LogP contribution in [0.25, 0.3) is 0 Å². The summed E-state index contributed by atoms with van der Waals surface area (Å²) >= 11 is 0. The van der Waals surface area contributed by atoms with Gasteiger partial charge in [0.15, 0.2) is 6.61 Å². The molecule has 1 fully saturated rings. The van der Waals surface area contributed by atoms with Crippen LogP contribution in [0.1, 0.15) is 43.9 Å². The Morgan fingerprint density at radius 1 is 1.11 bits per heavy atom. The number of hydrogen-bond acceptors (Lipinski definition) is 3. The number of nitrogens with one attached hydrogen (secondary N) is 1. The van der Waals surface area contributed by atoms with Crippen molar-refractivity contribution in [3.8, 4) is 5.75 Å². The van der Waals surface area contributed by atoms with Crippen LogP contribution in [0.15, 0.2) is 54.6 Å². The fraction of sp³-hybridized carbons (Fsp3) is 0.435. The molecule has 0 saturated carbocycles. The van der Waals surface area contributed by atoms with Gasteiger partial charge in [0.2, 0.25) is 0 Å². The smallest absolute Gasteiger partial charge is 0.258 e. The van der Waals surface area contributed by atoms with Gasteiger partial charge in [-0.3, -0.25) is 9.69 Å². The topological polar surface area (TPSA) is 41.6 Å². The molecule has 0 aromatic heterocycles. The predicted octanol–water partition coefficient (Wildman–Crippen LogP) is 3.97. The number of carbonyl (C=O) groups is 1. The number of benzene rings is 2. The maximum atomic E-state index is 12.2. The van der Waals surface area contributed by atoms with Crippen molar-refractivity contribution in [1.29, 1.82) is 0 Å². The second-order valence-corrected chi connectivity index (χ2v) is 7.25. The highest BCUT2D eigenvalue weighted by atomic mass is 16.5. The first kappa shape index (κ1) is 19.4. The maximum Gasteiger partial charge on any atom is 0.258 e. The molecule has 0 aliphatic carbocycles. The summed E-state index contributed by atoms with van der Waals surface area (Å²) in [6.45, 7) is 6.45.